The second kappa shape index (κ2) is 6.53. The molecule has 0 aromatic carbocycles. The molecule has 1 atom stereocenters. The van der Waals surface area contributed by atoms with Crippen molar-refractivity contribution in [3.63, 3.8) is 0 Å². The molecule has 1 saturated carbocycles. The number of anilines is 1. The normalized spacial score (nSPS) is 15.3. The Balaban J connectivity index is 1.63. The molecule has 1 fully saturated rings. The summed E-state index contributed by atoms with van der Waals surface area (Å²) in [5, 5.41) is 11.9. The van der Waals surface area contributed by atoms with Gasteiger partial charge in [0.05, 0.1) is 29.3 Å². The summed E-state index contributed by atoms with van der Waals surface area (Å²) >= 11 is 0. The number of aryl methyl sites for hydroxylation is 1. The van der Waals surface area contributed by atoms with E-state index >= 15 is 0 Å². The highest BCUT2D eigenvalue weighted by Gasteiger charge is 2.28. The van der Waals surface area contributed by atoms with E-state index in [2.05, 4.69) is 20.6 Å². The summed E-state index contributed by atoms with van der Waals surface area (Å²) in [4.78, 5) is 17.4. The Labute approximate surface area is 150 Å². The van der Waals surface area contributed by atoms with Gasteiger partial charge in [0.2, 0.25) is 0 Å². The van der Waals surface area contributed by atoms with Crippen molar-refractivity contribution in [2.75, 3.05) is 19.0 Å². The first-order valence-electron chi connectivity index (χ1n) is 8.69. The summed E-state index contributed by atoms with van der Waals surface area (Å²) in [5.41, 5.74) is 2.48. The van der Waals surface area contributed by atoms with E-state index in [0.29, 0.717) is 40.7 Å². The van der Waals surface area contributed by atoms with Crippen LogP contribution in [-0.4, -0.2) is 39.5 Å². The molecule has 1 N–H and O–H groups in total. The number of nitrogens with one attached hydrogen (secondary N) is 1. The van der Waals surface area contributed by atoms with Gasteiger partial charge in [-0.25, -0.2) is 4.98 Å². The van der Waals surface area contributed by atoms with Gasteiger partial charge in [-0.05, 0) is 32.8 Å². The van der Waals surface area contributed by atoms with Gasteiger partial charge in [0.1, 0.15) is 0 Å². The Kier molecular flexibility index (Phi) is 4.20. The Hall–Kier alpha value is -2.74. The molecular weight excluding hydrogens is 334 g/mol. The standard InChI is InChI=1S/C18H21N5O3/c1-10(9-25-3)23-7-6-15(21-23)20-17(24)13-8-14(12-4-5-12)19-18-16(13)11(2)22-26-18/h6-8,10,12H,4-5,9H2,1-3H3,(H,20,21,24)/t10-/m1/s1. The van der Waals surface area contributed by atoms with E-state index < -0.39 is 0 Å². The molecule has 3 aromatic heterocycles. The van der Waals surface area contributed by atoms with Crippen LogP contribution in [0.1, 0.15) is 53.5 Å². The molecule has 136 valence electrons. The van der Waals surface area contributed by atoms with Crippen LogP contribution in [0.5, 0.6) is 0 Å². The number of carbonyl (C=O) groups excluding carboxylic acids is 1. The zero-order valence-electron chi connectivity index (χ0n) is 15.0. The molecule has 0 bridgehead atoms. The van der Waals surface area contributed by atoms with Crippen LogP contribution in [0.3, 0.4) is 0 Å². The molecule has 0 aliphatic heterocycles. The number of fused-ring (bicyclic) bond motifs is 1. The van der Waals surface area contributed by atoms with Gasteiger partial charge in [0.25, 0.3) is 11.6 Å². The quantitative estimate of drug-likeness (QED) is 0.730. The maximum absolute atomic E-state index is 12.9. The molecule has 0 saturated heterocycles. The van der Waals surface area contributed by atoms with Gasteiger partial charge < -0.3 is 14.6 Å². The zero-order chi connectivity index (χ0) is 18.3. The molecule has 8 heteroatoms. The van der Waals surface area contributed by atoms with Crippen molar-refractivity contribution in [3.05, 3.63) is 35.3 Å². The van der Waals surface area contributed by atoms with Crippen molar-refractivity contribution in [1.82, 2.24) is 19.9 Å². The van der Waals surface area contributed by atoms with Crippen LogP contribution in [0.25, 0.3) is 11.1 Å². The van der Waals surface area contributed by atoms with E-state index in [1.807, 2.05) is 26.1 Å². The number of pyridine rings is 1. The lowest BCUT2D eigenvalue weighted by Gasteiger charge is -2.10. The monoisotopic (exact) mass is 355 g/mol. The first kappa shape index (κ1) is 16.7. The third kappa shape index (κ3) is 3.08. The minimum Gasteiger partial charge on any atom is -0.382 e. The molecule has 3 aromatic rings. The molecule has 26 heavy (non-hydrogen) atoms. The van der Waals surface area contributed by atoms with Crippen molar-refractivity contribution in [2.24, 2.45) is 0 Å². The lowest BCUT2D eigenvalue weighted by Crippen LogP contribution is -2.15. The molecule has 4 rings (SSSR count). The van der Waals surface area contributed by atoms with E-state index in [1.165, 1.54) is 0 Å². The molecule has 3 heterocycles. The highest BCUT2D eigenvalue weighted by molar-refractivity contribution is 6.12. The van der Waals surface area contributed by atoms with E-state index in [9.17, 15) is 4.79 Å². The maximum atomic E-state index is 12.9. The maximum Gasteiger partial charge on any atom is 0.259 e. The fourth-order valence-corrected chi connectivity index (χ4v) is 3.03. The van der Waals surface area contributed by atoms with Gasteiger partial charge in [-0.15, -0.1) is 0 Å². The highest BCUT2D eigenvalue weighted by atomic mass is 16.5. The van der Waals surface area contributed by atoms with Crippen molar-refractivity contribution >= 4 is 22.8 Å². The van der Waals surface area contributed by atoms with E-state index in [4.69, 9.17) is 9.26 Å². The van der Waals surface area contributed by atoms with Crippen LogP contribution in [0, 0.1) is 6.92 Å². The second-order valence-corrected chi connectivity index (χ2v) is 6.76. The molecule has 8 nitrogen and oxygen atoms in total. The van der Waals surface area contributed by atoms with Crippen molar-refractivity contribution < 1.29 is 14.1 Å². The second-order valence-electron chi connectivity index (χ2n) is 6.76. The molecule has 0 unspecified atom stereocenters. The Morgan fingerprint density at radius 1 is 1.50 bits per heavy atom. The van der Waals surface area contributed by atoms with Crippen LogP contribution < -0.4 is 5.32 Å². The number of carbonyl (C=O) groups is 1. The first-order valence-corrected chi connectivity index (χ1v) is 8.69. The fourth-order valence-electron chi connectivity index (χ4n) is 3.03. The third-order valence-corrected chi connectivity index (χ3v) is 4.59. The van der Waals surface area contributed by atoms with Gasteiger partial charge >= 0.3 is 0 Å². The summed E-state index contributed by atoms with van der Waals surface area (Å²) in [7, 11) is 1.65. The number of hydrogen-bond donors (Lipinski definition) is 1. The predicted molar refractivity (Wildman–Crippen MR) is 95.3 cm³/mol. The molecule has 0 spiro atoms. The minimum atomic E-state index is -0.241. The van der Waals surface area contributed by atoms with Crippen LogP contribution in [0.15, 0.2) is 22.9 Å². The van der Waals surface area contributed by atoms with Gasteiger partial charge in [0, 0.05) is 31.0 Å². The number of hydrogen-bond acceptors (Lipinski definition) is 6. The summed E-state index contributed by atoms with van der Waals surface area (Å²) in [6.45, 7) is 4.35. The molecule has 0 radical (unpaired) electrons. The van der Waals surface area contributed by atoms with Crippen molar-refractivity contribution in [2.45, 2.75) is 38.6 Å². The average Bonchev–Trinajstić information content (AvgIpc) is 3.27. The number of ether oxygens (including phenoxy) is 1. The number of amides is 1. The summed E-state index contributed by atoms with van der Waals surface area (Å²) < 4.78 is 12.2. The van der Waals surface area contributed by atoms with Gasteiger partial charge in [0.15, 0.2) is 5.82 Å². The summed E-state index contributed by atoms with van der Waals surface area (Å²) in [5.74, 6) is 0.658. The average molecular weight is 355 g/mol. The van der Waals surface area contributed by atoms with Crippen LogP contribution in [-0.2, 0) is 4.74 Å². The zero-order valence-corrected chi connectivity index (χ0v) is 15.0. The lowest BCUT2D eigenvalue weighted by atomic mass is 10.1. The number of methoxy groups -OCH3 is 1. The molecular formula is C18H21N5O3. The van der Waals surface area contributed by atoms with E-state index in [-0.39, 0.29) is 11.9 Å². The summed E-state index contributed by atoms with van der Waals surface area (Å²) in [6, 6.07) is 3.70. The molecule has 1 aliphatic rings. The van der Waals surface area contributed by atoms with E-state index in [0.717, 1.165) is 18.5 Å². The van der Waals surface area contributed by atoms with E-state index in [1.54, 1.807) is 17.9 Å². The van der Waals surface area contributed by atoms with Crippen LogP contribution in [0.2, 0.25) is 0 Å². The van der Waals surface area contributed by atoms with Gasteiger partial charge in [-0.1, -0.05) is 5.16 Å². The first-order chi connectivity index (χ1) is 12.6. The topological polar surface area (TPSA) is 95.1 Å². The lowest BCUT2D eigenvalue weighted by molar-refractivity contribution is 0.102. The van der Waals surface area contributed by atoms with Crippen molar-refractivity contribution in [1.29, 1.82) is 0 Å². The number of rotatable bonds is 6. The smallest absolute Gasteiger partial charge is 0.259 e. The fraction of sp³-hybridized carbons (Fsp3) is 0.444. The minimum absolute atomic E-state index is 0.0834. The van der Waals surface area contributed by atoms with Crippen LogP contribution in [0.4, 0.5) is 5.82 Å². The Morgan fingerprint density at radius 2 is 2.31 bits per heavy atom. The van der Waals surface area contributed by atoms with Gasteiger partial charge in [-0.3, -0.25) is 9.48 Å². The van der Waals surface area contributed by atoms with Crippen molar-refractivity contribution in [3.8, 4) is 0 Å². The number of aromatic nitrogens is 4. The molecule has 1 aliphatic carbocycles. The highest BCUT2D eigenvalue weighted by Crippen LogP contribution is 2.40. The SMILES string of the molecule is COC[C@@H](C)n1ccc(NC(=O)c2cc(C3CC3)nc3onc(C)c23)n1. The molecule has 1 amide bonds. The predicted octanol–water partition coefficient (Wildman–Crippen LogP) is 3.06. The third-order valence-electron chi connectivity index (χ3n) is 4.59. The Bertz CT molecular complexity index is 957. The summed E-state index contributed by atoms with van der Waals surface area (Å²) in [6.07, 6.45) is 4.00. The number of nitrogens with zero attached hydrogens (tertiary/aromatic N) is 4. The Morgan fingerprint density at radius 3 is 3.04 bits per heavy atom. The van der Waals surface area contributed by atoms with Crippen LogP contribution >= 0.6 is 0 Å². The van der Waals surface area contributed by atoms with Gasteiger partial charge in [-0.2, -0.15) is 5.10 Å². The largest absolute Gasteiger partial charge is 0.382 e.